The molecule has 1 atom stereocenters. The van der Waals surface area contributed by atoms with E-state index in [0.717, 1.165) is 45.3 Å². The molecule has 0 radical (unpaired) electrons. The van der Waals surface area contributed by atoms with Gasteiger partial charge in [-0.05, 0) is 45.3 Å². The summed E-state index contributed by atoms with van der Waals surface area (Å²) >= 11 is 0. The number of nitrogens with zero attached hydrogens (tertiary/aromatic N) is 1. The molecule has 2 heterocycles. The van der Waals surface area contributed by atoms with Gasteiger partial charge < -0.3 is 26.0 Å². The van der Waals surface area contributed by atoms with E-state index in [1.54, 1.807) is 0 Å². The normalized spacial score (nSPS) is 25.2. The fraction of sp³-hybridized carbons (Fsp3) is 0.929. The zero-order valence-electron chi connectivity index (χ0n) is 12.4. The number of nitrogens with one attached hydrogen (secondary N) is 2. The molecule has 21 heavy (non-hydrogen) atoms. The van der Waals surface area contributed by atoms with Crippen molar-refractivity contribution in [3.63, 3.8) is 0 Å². The minimum atomic E-state index is -1.33. The van der Waals surface area contributed by atoms with Gasteiger partial charge >= 0.3 is 0 Å². The number of aliphatic hydroxyl groups is 3. The Morgan fingerprint density at radius 2 is 1.76 bits per heavy atom. The Balaban J connectivity index is 1.99. The quantitative estimate of drug-likeness (QED) is 0.390. The fourth-order valence-electron chi connectivity index (χ4n) is 3.26. The maximum atomic E-state index is 12.5. The summed E-state index contributed by atoms with van der Waals surface area (Å²) in [6, 6.07) is 0.188. The third-order valence-electron chi connectivity index (χ3n) is 4.67. The van der Waals surface area contributed by atoms with Crippen molar-refractivity contribution in [1.82, 2.24) is 15.5 Å². The van der Waals surface area contributed by atoms with Gasteiger partial charge in [0.05, 0.1) is 25.9 Å². The molecule has 2 aliphatic rings. The van der Waals surface area contributed by atoms with Crippen LogP contribution in [0.5, 0.6) is 0 Å². The highest BCUT2D eigenvalue weighted by molar-refractivity contribution is 5.83. The lowest BCUT2D eigenvalue weighted by atomic mass is 10.0. The number of likely N-dealkylation sites (tertiary alicyclic amines) is 1. The molecule has 2 fully saturated rings. The Bertz CT molecular complexity index is 335. The SMILES string of the molecule is O=C(NC(CO)(CO)CO)C1CCCN1C1CCNCC1. The van der Waals surface area contributed by atoms with E-state index < -0.39 is 25.4 Å². The largest absolute Gasteiger partial charge is 0.394 e. The number of hydrogen-bond acceptors (Lipinski definition) is 6. The van der Waals surface area contributed by atoms with Crippen molar-refractivity contribution >= 4 is 5.91 Å². The van der Waals surface area contributed by atoms with Crippen LogP contribution in [0.2, 0.25) is 0 Å². The van der Waals surface area contributed by atoms with Crippen LogP contribution in [0.15, 0.2) is 0 Å². The fourth-order valence-corrected chi connectivity index (χ4v) is 3.26. The molecular formula is C14H27N3O4. The highest BCUT2D eigenvalue weighted by Gasteiger charge is 2.39. The number of hydrogen-bond donors (Lipinski definition) is 5. The molecule has 0 saturated carbocycles. The van der Waals surface area contributed by atoms with E-state index in [1.807, 2.05) is 0 Å². The molecule has 2 aliphatic heterocycles. The zero-order chi connectivity index (χ0) is 15.3. The third-order valence-corrected chi connectivity index (χ3v) is 4.67. The number of carbonyl (C=O) groups is 1. The average molecular weight is 301 g/mol. The van der Waals surface area contributed by atoms with Crippen molar-refractivity contribution in [2.24, 2.45) is 0 Å². The molecule has 0 spiro atoms. The van der Waals surface area contributed by atoms with E-state index in [4.69, 9.17) is 0 Å². The van der Waals surface area contributed by atoms with Crippen LogP contribution in [0.3, 0.4) is 0 Å². The minimum Gasteiger partial charge on any atom is -0.394 e. The van der Waals surface area contributed by atoms with E-state index in [2.05, 4.69) is 15.5 Å². The van der Waals surface area contributed by atoms with E-state index in [0.29, 0.717) is 6.04 Å². The van der Waals surface area contributed by atoms with Gasteiger partial charge in [-0.2, -0.15) is 0 Å². The van der Waals surface area contributed by atoms with Crippen LogP contribution in [0, 0.1) is 0 Å². The second kappa shape index (κ2) is 7.51. The van der Waals surface area contributed by atoms with Gasteiger partial charge in [0.1, 0.15) is 5.54 Å². The predicted molar refractivity (Wildman–Crippen MR) is 77.8 cm³/mol. The van der Waals surface area contributed by atoms with Crippen LogP contribution >= 0.6 is 0 Å². The monoisotopic (exact) mass is 301 g/mol. The molecule has 7 heteroatoms. The standard InChI is InChI=1S/C14H27N3O4/c18-8-14(9-19,10-20)16-13(21)12-2-1-7-17(12)11-3-5-15-6-4-11/h11-12,15,18-20H,1-10H2,(H,16,21). The van der Waals surface area contributed by atoms with Crippen LogP contribution in [0.4, 0.5) is 0 Å². The van der Waals surface area contributed by atoms with Gasteiger partial charge in [0, 0.05) is 6.04 Å². The van der Waals surface area contributed by atoms with Gasteiger partial charge in [-0.1, -0.05) is 0 Å². The molecule has 0 aromatic heterocycles. The third kappa shape index (κ3) is 3.73. The molecule has 0 aromatic rings. The first-order valence-corrected chi connectivity index (χ1v) is 7.77. The molecule has 7 nitrogen and oxygen atoms in total. The molecule has 5 N–H and O–H groups in total. The molecule has 0 aliphatic carbocycles. The minimum absolute atomic E-state index is 0.205. The topological polar surface area (TPSA) is 105 Å². The smallest absolute Gasteiger partial charge is 0.238 e. The predicted octanol–water partition coefficient (Wildman–Crippen LogP) is -1.97. The van der Waals surface area contributed by atoms with Crippen molar-refractivity contribution in [2.45, 2.75) is 43.3 Å². The number of aliphatic hydroxyl groups excluding tert-OH is 3. The highest BCUT2D eigenvalue weighted by atomic mass is 16.3. The zero-order valence-corrected chi connectivity index (χ0v) is 12.4. The van der Waals surface area contributed by atoms with Crippen molar-refractivity contribution in [2.75, 3.05) is 39.5 Å². The summed E-state index contributed by atoms with van der Waals surface area (Å²) in [5.41, 5.74) is -1.33. The van der Waals surface area contributed by atoms with Crippen LogP contribution < -0.4 is 10.6 Å². The number of piperidine rings is 1. The Hall–Kier alpha value is -0.730. The Labute approximate surface area is 125 Å². The molecule has 2 saturated heterocycles. The lowest BCUT2D eigenvalue weighted by molar-refractivity contribution is -0.130. The molecule has 0 bridgehead atoms. The van der Waals surface area contributed by atoms with E-state index >= 15 is 0 Å². The molecular weight excluding hydrogens is 274 g/mol. The maximum absolute atomic E-state index is 12.5. The first-order valence-electron chi connectivity index (χ1n) is 7.77. The summed E-state index contributed by atoms with van der Waals surface area (Å²) < 4.78 is 0. The first-order chi connectivity index (χ1) is 10.2. The highest BCUT2D eigenvalue weighted by Crippen LogP contribution is 2.25. The van der Waals surface area contributed by atoms with Crippen molar-refractivity contribution in [1.29, 1.82) is 0 Å². The summed E-state index contributed by atoms with van der Waals surface area (Å²) in [5.74, 6) is -0.205. The molecule has 122 valence electrons. The number of amides is 1. The summed E-state index contributed by atoms with van der Waals surface area (Å²) in [6.45, 7) is 1.42. The first kappa shape index (κ1) is 16.6. The van der Waals surface area contributed by atoms with Gasteiger partial charge in [0.2, 0.25) is 5.91 Å². The van der Waals surface area contributed by atoms with E-state index in [9.17, 15) is 20.1 Å². The summed E-state index contributed by atoms with van der Waals surface area (Å²) in [5, 5.41) is 33.9. The Morgan fingerprint density at radius 3 is 2.33 bits per heavy atom. The number of carbonyl (C=O) groups excluding carboxylic acids is 1. The van der Waals surface area contributed by atoms with E-state index in [-0.39, 0.29) is 11.9 Å². The summed E-state index contributed by atoms with van der Waals surface area (Å²) in [7, 11) is 0. The molecule has 1 amide bonds. The van der Waals surface area contributed by atoms with Gasteiger partial charge in [-0.25, -0.2) is 0 Å². The Kier molecular flexibility index (Phi) is 5.95. The lowest BCUT2D eigenvalue weighted by Crippen LogP contribution is -2.61. The van der Waals surface area contributed by atoms with Gasteiger partial charge in [-0.3, -0.25) is 9.69 Å². The average Bonchev–Trinajstić information content (AvgIpc) is 3.03. The van der Waals surface area contributed by atoms with Crippen LogP contribution in [-0.2, 0) is 4.79 Å². The van der Waals surface area contributed by atoms with Gasteiger partial charge in [-0.15, -0.1) is 0 Å². The van der Waals surface area contributed by atoms with Crippen molar-refractivity contribution in [3.05, 3.63) is 0 Å². The van der Waals surface area contributed by atoms with Crippen molar-refractivity contribution < 1.29 is 20.1 Å². The lowest BCUT2D eigenvalue weighted by Gasteiger charge is -2.37. The van der Waals surface area contributed by atoms with Crippen LogP contribution in [-0.4, -0.2) is 83.2 Å². The molecule has 2 rings (SSSR count). The summed E-state index contributed by atoms with van der Waals surface area (Å²) in [4.78, 5) is 14.7. The maximum Gasteiger partial charge on any atom is 0.238 e. The second-order valence-electron chi connectivity index (χ2n) is 6.12. The number of rotatable bonds is 6. The molecule has 0 aromatic carbocycles. The second-order valence-corrected chi connectivity index (χ2v) is 6.12. The Morgan fingerprint density at radius 1 is 1.14 bits per heavy atom. The van der Waals surface area contributed by atoms with Crippen molar-refractivity contribution in [3.8, 4) is 0 Å². The summed E-state index contributed by atoms with van der Waals surface area (Å²) in [6.07, 6.45) is 3.84. The van der Waals surface area contributed by atoms with Gasteiger partial charge in [0.25, 0.3) is 0 Å². The van der Waals surface area contributed by atoms with Gasteiger partial charge in [0.15, 0.2) is 0 Å². The van der Waals surface area contributed by atoms with Crippen LogP contribution in [0.1, 0.15) is 25.7 Å². The van der Waals surface area contributed by atoms with Crippen LogP contribution in [0.25, 0.3) is 0 Å². The van der Waals surface area contributed by atoms with E-state index in [1.165, 1.54) is 0 Å². The molecule has 1 unspecified atom stereocenters.